The predicted octanol–water partition coefficient (Wildman–Crippen LogP) is 3.84. The molecule has 0 aliphatic heterocycles. The van der Waals surface area contributed by atoms with Crippen molar-refractivity contribution in [1.29, 1.82) is 5.26 Å². The van der Waals surface area contributed by atoms with Gasteiger partial charge in [-0.2, -0.15) is 5.26 Å². The molecule has 2 unspecified atom stereocenters. The van der Waals surface area contributed by atoms with E-state index in [0.29, 0.717) is 17.3 Å². The Labute approximate surface area is 123 Å². The van der Waals surface area contributed by atoms with E-state index in [-0.39, 0.29) is 11.9 Å². The van der Waals surface area contributed by atoms with Crippen LogP contribution in [0.1, 0.15) is 36.3 Å². The number of aromatic nitrogens is 1. The van der Waals surface area contributed by atoms with Crippen LogP contribution < -0.4 is 5.32 Å². The molecule has 0 spiro atoms. The Kier molecular flexibility index (Phi) is 3.83. The molecule has 1 saturated carbocycles. The van der Waals surface area contributed by atoms with E-state index in [1.165, 1.54) is 12.1 Å². The first-order valence-electron chi connectivity index (χ1n) is 7.15. The smallest absolute Gasteiger partial charge is 0.144 e. The van der Waals surface area contributed by atoms with Gasteiger partial charge in [-0.3, -0.25) is 0 Å². The van der Waals surface area contributed by atoms with Gasteiger partial charge in [-0.05, 0) is 42.7 Å². The minimum atomic E-state index is -0.210. The molecule has 4 heteroatoms. The number of hydrogen-bond acceptors (Lipinski definition) is 3. The Hall–Kier alpha value is -2.41. The summed E-state index contributed by atoms with van der Waals surface area (Å²) in [7, 11) is 0. The summed E-state index contributed by atoms with van der Waals surface area (Å²) < 4.78 is 13.1. The van der Waals surface area contributed by atoms with Crippen LogP contribution in [0, 0.1) is 17.1 Å². The zero-order valence-electron chi connectivity index (χ0n) is 11.6. The molecule has 1 N–H and O–H groups in total. The number of hydrogen-bond donors (Lipinski definition) is 1. The van der Waals surface area contributed by atoms with Gasteiger partial charge in [0.05, 0.1) is 5.56 Å². The normalized spacial score (nSPS) is 21.0. The summed E-state index contributed by atoms with van der Waals surface area (Å²) in [6, 6.07) is 12.6. The third kappa shape index (κ3) is 2.87. The predicted molar refractivity (Wildman–Crippen MR) is 79.4 cm³/mol. The van der Waals surface area contributed by atoms with Crippen LogP contribution in [0.15, 0.2) is 42.6 Å². The Morgan fingerprint density at radius 3 is 2.76 bits per heavy atom. The maximum Gasteiger partial charge on any atom is 0.144 e. The Morgan fingerprint density at radius 2 is 2.00 bits per heavy atom. The summed E-state index contributed by atoms with van der Waals surface area (Å²) in [5, 5.41) is 12.5. The average molecular weight is 281 g/mol. The second-order valence-corrected chi connectivity index (χ2v) is 5.35. The Morgan fingerprint density at radius 1 is 1.19 bits per heavy atom. The highest BCUT2D eigenvalue weighted by Gasteiger charge is 2.29. The van der Waals surface area contributed by atoms with E-state index in [1.807, 2.05) is 12.1 Å². The molecular weight excluding hydrogens is 265 g/mol. The molecule has 2 atom stereocenters. The van der Waals surface area contributed by atoms with Crippen molar-refractivity contribution in [2.45, 2.75) is 31.2 Å². The van der Waals surface area contributed by atoms with Crippen LogP contribution in [-0.2, 0) is 0 Å². The van der Waals surface area contributed by atoms with Crippen molar-refractivity contribution < 1.29 is 4.39 Å². The molecule has 0 radical (unpaired) electrons. The van der Waals surface area contributed by atoms with Crippen LogP contribution in [-0.4, -0.2) is 11.0 Å². The SMILES string of the molecule is N#Cc1cccnc1NC1CCCC1c1ccc(F)cc1. The van der Waals surface area contributed by atoms with Gasteiger partial charge in [-0.15, -0.1) is 0 Å². The lowest BCUT2D eigenvalue weighted by Gasteiger charge is -2.22. The monoisotopic (exact) mass is 281 g/mol. The van der Waals surface area contributed by atoms with E-state index >= 15 is 0 Å². The summed E-state index contributed by atoms with van der Waals surface area (Å²) >= 11 is 0. The highest BCUT2D eigenvalue weighted by molar-refractivity contribution is 5.52. The fourth-order valence-electron chi connectivity index (χ4n) is 3.03. The molecule has 21 heavy (non-hydrogen) atoms. The van der Waals surface area contributed by atoms with Crippen molar-refractivity contribution in [2.24, 2.45) is 0 Å². The van der Waals surface area contributed by atoms with Gasteiger partial charge in [-0.1, -0.05) is 18.6 Å². The molecule has 0 saturated heterocycles. The van der Waals surface area contributed by atoms with E-state index in [9.17, 15) is 4.39 Å². The van der Waals surface area contributed by atoms with Crippen molar-refractivity contribution in [3.8, 4) is 6.07 Å². The maximum absolute atomic E-state index is 13.1. The van der Waals surface area contributed by atoms with Gasteiger partial charge in [0.2, 0.25) is 0 Å². The number of nitrogens with one attached hydrogen (secondary N) is 1. The lowest BCUT2D eigenvalue weighted by molar-refractivity contribution is 0.618. The van der Waals surface area contributed by atoms with Crippen molar-refractivity contribution in [3.05, 3.63) is 59.5 Å². The van der Waals surface area contributed by atoms with E-state index in [1.54, 1.807) is 18.3 Å². The first-order chi connectivity index (χ1) is 10.3. The summed E-state index contributed by atoms with van der Waals surface area (Å²) in [6.45, 7) is 0. The van der Waals surface area contributed by atoms with E-state index in [2.05, 4.69) is 16.4 Å². The van der Waals surface area contributed by atoms with Crippen LogP contribution in [0.25, 0.3) is 0 Å². The molecule has 1 heterocycles. The summed E-state index contributed by atoms with van der Waals surface area (Å²) in [5.41, 5.74) is 1.70. The molecule has 1 aromatic carbocycles. The first kappa shape index (κ1) is 13.6. The van der Waals surface area contributed by atoms with Gasteiger partial charge in [0.1, 0.15) is 17.7 Å². The van der Waals surface area contributed by atoms with Gasteiger partial charge >= 0.3 is 0 Å². The molecule has 106 valence electrons. The van der Waals surface area contributed by atoms with Crippen LogP contribution in [0.3, 0.4) is 0 Å². The first-order valence-corrected chi connectivity index (χ1v) is 7.15. The number of halogens is 1. The number of pyridine rings is 1. The van der Waals surface area contributed by atoms with E-state index in [4.69, 9.17) is 5.26 Å². The molecule has 0 amide bonds. The quantitative estimate of drug-likeness (QED) is 0.929. The molecule has 0 bridgehead atoms. The highest BCUT2D eigenvalue weighted by atomic mass is 19.1. The molecule has 3 rings (SSSR count). The lowest BCUT2D eigenvalue weighted by Crippen LogP contribution is -2.23. The second kappa shape index (κ2) is 5.92. The number of nitriles is 1. The molecular formula is C17H16FN3. The van der Waals surface area contributed by atoms with Crippen molar-refractivity contribution in [2.75, 3.05) is 5.32 Å². The largest absolute Gasteiger partial charge is 0.366 e. The molecule has 2 aromatic rings. The number of anilines is 1. The van der Waals surface area contributed by atoms with Crippen LogP contribution in [0.4, 0.5) is 10.2 Å². The lowest BCUT2D eigenvalue weighted by atomic mass is 9.94. The van der Waals surface area contributed by atoms with Crippen molar-refractivity contribution in [1.82, 2.24) is 4.98 Å². The second-order valence-electron chi connectivity index (χ2n) is 5.35. The Bertz CT molecular complexity index is 660. The maximum atomic E-state index is 13.1. The summed E-state index contributed by atoms with van der Waals surface area (Å²) in [5.74, 6) is 0.760. The molecule has 1 aromatic heterocycles. The summed E-state index contributed by atoms with van der Waals surface area (Å²) in [4.78, 5) is 4.26. The molecule has 1 aliphatic rings. The number of rotatable bonds is 3. The molecule has 1 aliphatic carbocycles. The van der Waals surface area contributed by atoms with Crippen LogP contribution in [0.2, 0.25) is 0 Å². The fourth-order valence-corrected chi connectivity index (χ4v) is 3.03. The fraction of sp³-hybridized carbons (Fsp3) is 0.294. The third-order valence-electron chi connectivity index (χ3n) is 4.06. The van der Waals surface area contributed by atoms with Gasteiger partial charge in [0, 0.05) is 18.2 Å². The van der Waals surface area contributed by atoms with Crippen LogP contribution >= 0.6 is 0 Å². The van der Waals surface area contributed by atoms with Crippen LogP contribution in [0.5, 0.6) is 0 Å². The zero-order valence-corrected chi connectivity index (χ0v) is 11.6. The minimum Gasteiger partial charge on any atom is -0.366 e. The molecule has 1 fully saturated rings. The van der Waals surface area contributed by atoms with Gasteiger partial charge in [-0.25, -0.2) is 9.37 Å². The highest BCUT2D eigenvalue weighted by Crippen LogP contribution is 2.36. The number of benzene rings is 1. The zero-order chi connectivity index (χ0) is 14.7. The minimum absolute atomic E-state index is 0.210. The van der Waals surface area contributed by atoms with Gasteiger partial charge in [0.25, 0.3) is 0 Å². The molecule has 3 nitrogen and oxygen atoms in total. The van der Waals surface area contributed by atoms with E-state index < -0.39 is 0 Å². The van der Waals surface area contributed by atoms with Gasteiger partial charge in [0.15, 0.2) is 0 Å². The average Bonchev–Trinajstić information content (AvgIpc) is 2.97. The number of nitrogens with zero attached hydrogens (tertiary/aromatic N) is 2. The van der Waals surface area contributed by atoms with E-state index in [0.717, 1.165) is 24.8 Å². The van der Waals surface area contributed by atoms with Gasteiger partial charge < -0.3 is 5.32 Å². The van der Waals surface area contributed by atoms with Crippen molar-refractivity contribution >= 4 is 5.82 Å². The topological polar surface area (TPSA) is 48.7 Å². The standard InChI is InChI=1S/C17H16FN3/c18-14-8-6-12(7-9-14)15-4-1-5-16(15)21-17-13(11-19)3-2-10-20-17/h2-3,6-10,15-16H,1,4-5H2,(H,20,21). The van der Waals surface area contributed by atoms with Crippen molar-refractivity contribution in [3.63, 3.8) is 0 Å². The summed E-state index contributed by atoms with van der Waals surface area (Å²) in [6.07, 6.45) is 4.90. The third-order valence-corrected chi connectivity index (χ3v) is 4.06. The Balaban J connectivity index is 1.81.